The average Bonchev–Trinajstić information content (AvgIpc) is 2.57. The van der Waals surface area contributed by atoms with Crippen molar-refractivity contribution in [1.82, 2.24) is 15.1 Å². The summed E-state index contributed by atoms with van der Waals surface area (Å²) in [5, 5.41) is 3.03. The number of carbonyl (C=O) groups is 1. The van der Waals surface area contributed by atoms with Gasteiger partial charge < -0.3 is 15.0 Å². The lowest BCUT2D eigenvalue weighted by Gasteiger charge is -2.35. The van der Waals surface area contributed by atoms with Crippen LogP contribution < -0.4 is 10.1 Å². The smallest absolute Gasteiger partial charge is 0.316 e. The Morgan fingerprint density at radius 2 is 1.87 bits per heavy atom. The molecule has 5 nitrogen and oxygen atoms in total. The largest absolute Gasteiger partial charge is 0.494 e. The van der Waals surface area contributed by atoms with Crippen molar-refractivity contribution in [2.75, 3.05) is 40.3 Å². The van der Waals surface area contributed by atoms with Crippen LogP contribution in [0.2, 0.25) is 0 Å². The fourth-order valence-corrected chi connectivity index (χ4v) is 2.98. The van der Waals surface area contributed by atoms with Gasteiger partial charge in [0.25, 0.3) is 0 Å². The van der Waals surface area contributed by atoms with E-state index in [1.807, 2.05) is 19.1 Å². The second-order valence-corrected chi connectivity index (χ2v) is 6.19. The summed E-state index contributed by atoms with van der Waals surface area (Å²) in [5.41, 5.74) is 1.23. The number of carbonyl (C=O) groups excluding carboxylic acids is 1. The number of piperidine rings is 1. The Morgan fingerprint density at radius 3 is 2.43 bits per heavy atom. The minimum absolute atomic E-state index is 0.0436. The molecule has 2 rings (SSSR count). The predicted octanol–water partition coefficient (Wildman–Crippen LogP) is 2.88. The molecule has 128 valence electrons. The van der Waals surface area contributed by atoms with Crippen molar-refractivity contribution in [3.63, 3.8) is 0 Å². The minimum Gasteiger partial charge on any atom is -0.494 e. The Kier molecular flexibility index (Phi) is 6.71. The summed E-state index contributed by atoms with van der Waals surface area (Å²) in [6.07, 6.45) is 3.76. The molecule has 1 aromatic rings. The van der Waals surface area contributed by atoms with E-state index in [9.17, 15) is 4.79 Å². The zero-order valence-corrected chi connectivity index (χ0v) is 14.5. The normalized spacial score (nSPS) is 16.7. The number of urea groups is 1. The van der Waals surface area contributed by atoms with E-state index in [4.69, 9.17) is 4.74 Å². The van der Waals surface area contributed by atoms with Gasteiger partial charge in [-0.2, -0.15) is 0 Å². The first kappa shape index (κ1) is 17.6. The number of hydrogen-bond acceptors (Lipinski definition) is 3. The third-order valence-electron chi connectivity index (χ3n) is 4.26. The van der Waals surface area contributed by atoms with Gasteiger partial charge in [-0.15, -0.1) is 0 Å². The van der Waals surface area contributed by atoms with E-state index in [2.05, 4.69) is 22.3 Å². The molecule has 1 N–H and O–H groups in total. The van der Waals surface area contributed by atoms with Crippen LogP contribution in [0.25, 0.3) is 0 Å². The van der Waals surface area contributed by atoms with Crippen LogP contribution in [0.15, 0.2) is 24.3 Å². The molecule has 1 fully saturated rings. The maximum atomic E-state index is 11.9. The van der Waals surface area contributed by atoms with E-state index in [0.717, 1.165) is 18.8 Å². The van der Waals surface area contributed by atoms with Gasteiger partial charge >= 0.3 is 6.03 Å². The van der Waals surface area contributed by atoms with Gasteiger partial charge in [-0.3, -0.25) is 4.90 Å². The standard InChI is InChI=1S/C18H29N3O2/c1-4-23-16-10-8-15(9-11-16)17(14-19-18(22)20(2)3)21-12-6-5-7-13-21/h8-11,17H,4-7,12-14H2,1-3H3,(H,19,22). The zero-order valence-electron chi connectivity index (χ0n) is 14.5. The molecule has 1 atom stereocenters. The molecule has 0 aliphatic carbocycles. The molecule has 0 saturated carbocycles. The van der Waals surface area contributed by atoms with E-state index < -0.39 is 0 Å². The van der Waals surface area contributed by atoms with Crippen molar-refractivity contribution in [2.45, 2.75) is 32.2 Å². The van der Waals surface area contributed by atoms with Crippen molar-refractivity contribution in [3.05, 3.63) is 29.8 Å². The summed E-state index contributed by atoms with van der Waals surface area (Å²) < 4.78 is 5.53. The van der Waals surface area contributed by atoms with Crippen LogP contribution in [0.5, 0.6) is 5.75 Å². The first-order valence-corrected chi connectivity index (χ1v) is 8.53. The fourth-order valence-electron chi connectivity index (χ4n) is 2.98. The fraction of sp³-hybridized carbons (Fsp3) is 0.611. The van der Waals surface area contributed by atoms with Crippen molar-refractivity contribution in [1.29, 1.82) is 0 Å². The summed E-state index contributed by atoms with van der Waals surface area (Å²) in [6, 6.07) is 8.44. The maximum Gasteiger partial charge on any atom is 0.316 e. The van der Waals surface area contributed by atoms with Crippen LogP contribution in [0, 0.1) is 0 Å². The average molecular weight is 319 g/mol. The number of ether oxygens (including phenoxy) is 1. The highest BCUT2D eigenvalue weighted by molar-refractivity contribution is 5.73. The Balaban J connectivity index is 2.09. The lowest BCUT2D eigenvalue weighted by atomic mass is 10.0. The highest BCUT2D eigenvalue weighted by atomic mass is 16.5. The molecule has 0 bridgehead atoms. The van der Waals surface area contributed by atoms with Crippen LogP contribution in [-0.2, 0) is 0 Å². The Labute approximate surface area is 139 Å². The van der Waals surface area contributed by atoms with Gasteiger partial charge in [0.1, 0.15) is 5.75 Å². The molecule has 1 unspecified atom stereocenters. The molecule has 2 amide bonds. The number of nitrogens with one attached hydrogen (secondary N) is 1. The lowest BCUT2D eigenvalue weighted by molar-refractivity contribution is 0.157. The van der Waals surface area contributed by atoms with Gasteiger partial charge in [0.2, 0.25) is 0 Å². The Bertz CT molecular complexity index is 482. The highest BCUT2D eigenvalue weighted by Gasteiger charge is 2.23. The molecule has 1 heterocycles. The molecule has 1 aromatic carbocycles. The number of benzene rings is 1. The molecule has 5 heteroatoms. The zero-order chi connectivity index (χ0) is 16.7. The first-order chi connectivity index (χ1) is 11.1. The van der Waals surface area contributed by atoms with Crippen LogP contribution in [0.3, 0.4) is 0 Å². The molecule has 1 saturated heterocycles. The first-order valence-electron chi connectivity index (χ1n) is 8.53. The SMILES string of the molecule is CCOc1ccc(C(CNC(=O)N(C)C)N2CCCCC2)cc1. The van der Waals surface area contributed by atoms with E-state index in [1.54, 1.807) is 19.0 Å². The summed E-state index contributed by atoms with van der Waals surface area (Å²) in [7, 11) is 3.53. The molecule has 1 aliphatic rings. The molecular formula is C18H29N3O2. The molecule has 0 aromatic heterocycles. The van der Waals surface area contributed by atoms with E-state index in [1.165, 1.54) is 24.8 Å². The summed E-state index contributed by atoms with van der Waals surface area (Å²) in [4.78, 5) is 15.9. The van der Waals surface area contributed by atoms with Crippen LogP contribution in [0.1, 0.15) is 37.8 Å². The molecule has 23 heavy (non-hydrogen) atoms. The molecule has 0 radical (unpaired) electrons. The van der Waals surface area contributed by atoms with Gasteiger partial charge in [-0.25, -0.2) is 4.79 Å². The van der Waals surface area contributed by atoms with Gasteiger partial charge in [0, 0.05) is 20.6 Å². The van der Waals surface area contributed by atoms with Gasteiger partial charge in [-0.05, 0) is 50.6 Å². The second kappa shape index (κ2) is 8.77. The van der Waals surface area contributed by atoms with Gasteiger partial charge in [0.15, 0.2) is 0 Å². The van der Waals surface area contributed by atoms with E-state index >= 15 is 0 Å². The number of amides is 2. The summed E-state index contributed by atoms with van der Waals surface area (Å²) >= 11 is 0. The number of rotatable bonds is 6. The van der Waals surface area contributed by atoms with Crippen molar-refractivity contribution >= 4 is 6.03 Å². The Hall–Kier alpha value is -1.75. The minimum atomic E-state index is -0.0436. The highest BCUT2D eigenvalue weighted by Crippen LogP contribution is 2.26. The molecule has 0 spiro atoms. The van der Waals surface area contributed by atoms with Crippen molar-refractivity contribution < 1.29 is 9.53 Å². The topological polar surface area (TPSA) is 44.8 Å². The van der Waals surface area contributed by atoms with E-state index in [-0.39, 0.29) is 12.1 Å². The summed E-state index contributed by atoms with van der Waals surface area (Å²) in [5.74, 6) is 0.894. The third-order valence-corrected chi connectivity index (χ3v) is 4.26. The third kappa shape index (κ3) is 5.13. The summed E-state index contributed by atoms with van der Waals surface area (Å²) in [6.45, 7) is 5.48. The van der Waals surface area contributed by atoms with Crippen LogP contribution >= 0.6 is 0 Å². The van der Waals surface area contributed by atoms with Gasteiger partial charge in [0.05, 0.1) is 12.6 Å². The monoisotopic (exact) mass is 319 g/mol. The van der Waals surface area contributed by atoms with Crippen LogP contribution in [0.4, 0.5) is 4.79 Å². The number of likely N-dealkylation sites (tertiary alicyclic amines) is 1. The lowest BCUT2D eigenvalue weighted by Crippen LogP contribution is -2.43. The van der Waals surface area contributed by atoms with Crippen LogP contribution in [-0.4, -0.2) is 56.2 Å². The van der Waals surface area contributed by atoms with Gasteiger partial charge in [-0.1, -0.05) is 18.6 Å². The van der Waals surface area contributed by atoms with E-state index in [0.29, 0.717) is 13.2 Å². The van der Waals surface area contributed by atoms with Crippen molar-refractivity contribution in [2.24, 2.45) is 0 Å². The number of nitrogens with zero attached hydrogens (tertiary/aromatic N) is 2. The number of hydrogen-bond donors (Lipinski definition) is 1. The second-order valence-electron chi connectivity index (χ2n) is 6.19. The van der Waals surface area contributed by atoms with Crippen molar-refractivity contribution in [3.8, 4) is 5.75 Å². The molecule has 1 aliphatic heterocycles. The molecular weight excluding hydrogens is 290 g/mol. The predicted molar refractivity (Wildman–Crippen MR) is 92.9 cm³/mol. The Morgan fingerprint density at radius 1 is 1.22 bits per heavy atom. The maximum absolute atomic E-state index is 11.9. The quantitative estimate of drug-likeness (QED) is 0.877.